The molecular weight excluding hydrogens is 424 g/mol. The molecule has 0 aliphatic rings. The fourth-order valence-electron chi connectivity index (χ4n) is 3.53. The van der Waals surface area contributed by atoms with Gasteiger partial charge in [-0.2, -0.15) is 8.42 Å². The Labute approximate surface area is 184 Å². The molecular formula is C23H18N6O2S. The lowest BCUT2D eigenvalue weighted by molar-refractivity contribution is 0.591. The van der Waals surface area contributed by atoms with E-state index in [1.54, 1.807) is 30.9 Å². The van der Waals surface area contributed by atoms with Gasteiger partial charge < -0.3 is 4.98 Å². The highest BCUT2D eigenvalue weighted by molar-refractivity contribution is 7.92. The van der Waals surface area contributed by atoms with Crippen LogP contribution in [0.25, 0.3) is 33.2 Å². The number of H-pyrrole nitrogens is 1. The molecule has 0 amide bonds. The zero-order valence-corrected chi connectivity index (χ0v) is 17.9. The third-order valence-electron chi connectivity index (χ3n) is 5.25. The molecule has 1 N–H and O–H groups in total. The van der Waals surface area contributed by atoms with Crippen molar-refractivity contribution in [3.05, 3.63) is 86.0 Å². The van der Waals surface area contributed by atoms with Crippen molar-refractivity contribution in [2.75, 3.05) is 11.4 Å². The van der Waals surface area contributed by atoms with Crippen molar-refractivity contribution in [2.24, 2.45) is 0 Å². The fraction of sp³-hybridized carbons (Fsp3) is 0.0435. The smallest absolute Gasteiger partial charge is 0.283 e. The van der Waals surface area contributed by atoms with E-state index in [0.717, 1.165) is 33.2 Å². The van der Waals surface area contributed by atoms with Crippen LogP contribution in [0, 0.1) is 0 Å². The summed E-state index contributed by atoms with van der Waals surface area (Å²) >= 11 is 0. The van der Waals surface area contributed by atoms with Crippen molar-refractivity contribution >= 4 is 26.6 Å². The normalized spacial score (nSPS) is 11.5. The summed E-state index contributed by atoms with van der Waals surface area (Å²) in [6.07, 6.45) is 11.2. The zero-order chi connectivity index (χ0) is 22.1. The van der Waals surface area contributed by atoms with Gasteiger partial charge in [0.2, 0.25) is 0 Å². The second-order valence-electron chi connectivity index (χ2n) is 7.14. The molecule has 0 radical (unpaired) electrons. The lowest BCUT2D eigenvalue weighted by Crippen LogP contribution is -2.27. The Bertz CT molecular complexity index is 1500. The van der Waals surface area contributed by atoms with Crippen molar-refractivity contribution in [3.63, 3.8) is 0 Å². The molecule has 4 heterocycles. The van der Waals surface area contributed by atoms with Gasteiger partial charge in [0.05, 0.1) is 23.7 Å². The summed E-state index contributed by atoms with van der Waals surface area (Å²) in [5.74, 6) is 0. The van der Waals surface area contributed by atoms with Crippen LogP contribution in [0.15, 0.2) is 91.0 Å². The number of pyridine rings is 3. The number of nitrogens with zero attached hydrogens (tertiary/aromatic N) is 5. The maximum Gasteiger partial charge on any atom is 0.283 e. The molecule has 0 unspecified atom stereocenters. The van der Waals surface area contributed by atoms with E-state index >= 15 is 0 Å². The third kappa shape index (κ3) is 3.48. The highest BCUT2D eigenvalue weighted by Gasteiger charge is 2.23. The number of aromatic amines is 1. The molecule has 0 bridgehead atoms. The first-order valence-electron chi connectivity index (χ1n) is 9.76. The topological polar surface area (TPSA) is 105 Å². The molecule has 158 valence electrons. The van der Waals surface area contributed by atoms with Crippen molar-refractivity contribution in [3.8, 4) is 22.3 Å². The number of fused-ring (bicyclic) bond motifs is 1. The Hall–Kier alpha value is -4.11. The number of sulfonamides is 1. The van der Waals surface area contributed by atoms with Gasteiger partial charge >= 0.3 is 0 Å². The lowest BCUT2D eigenvalue weighted by atomic mass is 9.98. The van der Waals surface area contributed by atoms with E-state index in [9.17, 15) is 8.42 Å². The Morgan fingerprint density at radius 3 is 2.47 bits per heavy atom. The predicted molar refractivity (Wildman–Crippen MR) is 122 cm³/mol. The van der Waals surface area contributed by atoms with E-state index in [4.69, 9.17) is 0 Å². The largest absolute Gasteiger partial charge is 0.350 e. The second-order valence-corrected chi connectivity index (χ2v) is 9.05. The van der Waals surface area contributed by atoms with Gasteiger partial charge in [-0.1, -0.05) is 6.07 Å². The molecule has 0 aliphatic heterocycles. The van der Waals surface area contributed by atoms with E-state index in [2.05, 4.69) is 24.9 Å². The van der Waals surface area contributed by atoms with Crippen molar-refractivity contribution < 1.29 is 8.42 Å². The Morgan fingerprint density at radius 1 is 0.844 bits per heavy atom. The number of rotatable bonds is 5. The van der Waals surface area contributed by atoms with Crippen LogP contribution < -0.4 is 4.31 Å². The molecule has 0 fully saturated rings. The summed E-state index contributed by atoms with van der Waals surface area (Å²) < 4.78 is 26.8. The van der Waals surface area contributed by atoms with Crippen molar-refractivity contribution in [2.45, 2.75) is 5.03 Å². The fourth-order valence-corrected chi connectivity index (χ4v) is 4.59. The van der Waals surface area contributed by atoms with Gasteiger partial charge in [0, 0.05) is 49.0 Å². The summed E-state index contributed by atoms with van der Waals surface area (Å²) in [6, 6.07) is 13.6. The molecule has 5 aromatic rings. The Kier molecular flexibility index (Phi) is 4.87. The third-order valence-corrected chi connectivity index (χ3v) is 6.94. The molecule has 32 heavy (non-hydrogen) atoms. The van der Waals surface area contributed by atoms with E-state index < -0.39 is 10.0 Å². The van der Waals surface area contributed by atoms with Crippen LogP contribution in [-0.4, -0.2) is 40.4 Å². The minimum Gasteiger partial charge on any atom is -0.350 e. The van der Waals surface area contributed by atoms with Crippen molar-refractivity contribution in [1.29, 1.82) is 0 Å². The van der Waals surface area contributed by atoms with E-state index in [0.29, 0.717) is 5.69 Å². The average molecular weight is 443 g/mol. The highest BCUT2D eigenvalue weighted by atomic mass is 32.2. The molecule has 4 aromatic heterocycles. The first-order chi connectivity index (χ1) is 15.5. The molecule has 8 nitrogen and oxygen atoms in total. The number of benzene rings is 1. The summed E-state index contributed by atoms with van der Waals surface area (Å²) in [6.45, 7) is 0. The van der Waals surface area contributed by atoms with Gasteiger partial charge in [0.15, 0.2) is 5.03 Å². The number of hydrogen-bond donors (Lipinski definition) is 1. The number of imidazole rings is 1. The van der Waals surface area contributed by atoms with Crippen LogP contribution in [0.3, 0.4) is 0 Å². The van der Waals surface area contributed by atoms with E-state index in [1.807, 2.05) is 36.4 Å². The summed E-state index contributed by atoms with van der Waals surface area (Å²) in [5.41, 5.74) is 5.08. The van der Waals surface area contributed by atoms with Gasteiger partial charge in [0.25, 0.3) is 10.0 Å². The molecule has 5 rings (SSSR count). The predicted octanol–water partition coefficient (Wildman–Crippen LogP) is 3.91. The lowest BCUT2D eigenvalue weighted by Gasteiger charge is -2.18. The molecule has 0 atom stereocenters. The van der Waals surface area contributed by atoms with E-state index in [1.165, 1.54) is 30.1 Å². The molecule has 0 spiro atoms. The maximum absolute atomic E-state index is 12.8. The summed E-state index contributed by atoms with van der Waals surface area (Å²) in [4.78, 5) is 19.4. The van der Waals surface area contributed by atoms with Gasteiger partial charge in [-0.25, -0.2) is 4.98 Å². The summed E-state index contributed by atoms with van der Waals surface area (Å²) in [5, 5.41) is 0.934. The molecule has 9 heteroatoms. The number of aromatic nitrogens is 5. The first kappa shape index (κ1) is 19.8. The molecule has 0 aliphatic carbocycles. The van der Waals surface area contributed by atoms with Gasteiger partial charge in [-0.3, -0.25) is 19.3 Å². The maximum atomic E-state index is 12.8. The highest BCUT2D eigenvalue weighted by Crippen LogP contribution is 2.32. The molecule has 0 saturated carbocycles. The van der Waals surface area contributed by atoms with Gasteiger partial charge in [-0.05, 0) is 53.1 Å². The minimum absolute atomic E-state index is 0.0517. The average Bonchev–Trinajstić information content (AvgIpc) is 3.39. The SMILES string of the molecule is CN(c1cncc(-c2ccc3nccc(-c4ccncc4)c3c2)c1)S(=O)(=O)c1c[nH]cn1. The van der Waals surface area contributed by atoms with Crippen LogP contribution in [-0.2, 0) is 10.0 Å². The summed E-state index contributed by atoms with van der Waals surface area (Å²) in [7, 11) is -2.31. The number of hydrogen-bond acceptors (Lipinski definition) is 6. The zero-order valence-electron chi connectivity index (χ0n) is 17.0. The van der Waals surface area contributed by atoms with E-state index in [-0.39, 0.29) is 5.03 Å². The van der Waals surface area contributed by atoms with Crippen LogP contribution in [0.1, 0.15) is 0 Å². The van der Waals surface area contributed by atoms with Crippen molar-refractivity contribution in [1.82, 2.24) is 24.9 Å². The Morgan fingerprint density at radius 2 is 1.69 bits per heavy atom. The van der Waals surface area contributed by atoms with Gasteiger partial charge in [-0.15, -0.1) is 0 Å². The van der Waals surface area contributed by atoms with Crippen LogP contribution in [0.2, 0.25) is 0 Å². The molecule has 1 aromatic carbocycles. The van der Waals surface area contributed by atoms with Crippen LogP contribution in [0.4, 0.5) is 5.69 Å². The monoisotopic (exact) mass is 442 g/mol. The van der Waals surface area contributed by atoms with Crippen LogP contribution in [0.5, 0.6) is 0 Å². The number of nitrogens with one attached hydrogen (secondary N) is 1. The van der Waals surface area contributed by atoms with Crippen LogP contribution >= 0.6 is 0 Å². The molecule has 0 saturated heterocycles. The Balaban J connectivity index is 1.58. The quantitative estimate of drug-likeness (QED) is 0.443. The second kappa shape index (κ2) is 7.86. The number of anilines is 1. The minimum atomic E-state index is -3.79. The first-order valence-corrected chi connectivity index (χ1v) is 11.2. The standard InChI is InChI=1S/C23H18N6O2S/c1-29(32(30,31)23-14-26-15-28-23)19-10-18(12-25-13-19)17-2-3-22-21(11-17)20(6-9-27-22)16-4-7-24-8-5-16/h2-15H,1H3,(H,26,28). The van der Waals surface area contributed by atoms with Gasteiger partial charge in [0.1, 0.15) is 0 Å².